The van der Waals surface area contributed by atoms with E-state index in [1.165, 1.54) is 12.1 Å². The van der Waals surface area contributed by atoms with Gasteiger partial charge < -0.3 is 0 Å². The molecule has 0 aliphatic carbocycles. The number of benzene rings is 1. The molecule has 0 atom stereocenters. The van der Waals surface area contributed by atoms with Crippen LogP contribution < -0.4 is 0 Å². The Morgan fingerprint density at radius 1 is 1.37 bits per heavy atom. The molecule has 2 rings (SSSR count). The summed E-state index contributed by atoms with van der Waals surface area (Å²) in [4.78, 5) is 0. The molecule has 8 heteroatoms. The van der Waals surface area contributed by atoms with Gasteiger partial charge >= 0.3 is 6.18 Å². The zero-order chi connectivity index (χ0) is 14.0. The first kappa shape index (κ1) is 13.4. The van der Waals surface area contributed by atoms with Crippen LogP contribution in [0.25, 0.3) is 0 Å². The van der Waals surface area contributed by atoms with E-state index in [4.69, 9.17) is 16.9 Å². The van der Waals surface area contributed by atoms with Gasteiger partial charge in [-0.2, -0.15) is 18.4 Å². The highest BCUT2D eigenvalue weighted by Crippen LogP contribution is 2.31. The Labute approximate surface area is 111 Å². The van der Waals surface area contributed by atoms with Gasteiger partial charge in [0.1, 0.15) is 6.07 Å². The molecule has 0 saturated carbocycles. The normalized spacial score (nSPS) is 11.3. The molecular weight excluding hydrogens is 281 g/mol. The Kier molecular flexibility index (Phi) is 3.44. The molecule has 0 aliphatic heterocycles. The second-order valence-corrected chi connectivity index (χ2v) is 4.12. The van der Waals surface area contributed by atoms with Crippen molar-refractivity contribution in [2.24, 2.45) is 0 Å². The average molecular weight is 287 g/mol. The lowest BCUT2D eigenvalue weighted by atomic mass is 10.2. The van der Waals surface area contributed by atoms with Gasteiger partial charge in [0.05, 0.1) is 6.54 Å². The Balaban J connectivity index is 2.42. The van der Waals surface area contributed by atoms with Crippen molar-refractivity contribution in [1.29, 1.82) is 5.26 Å². The standard InChI is InChI=1S/C11H6ClF3N4/c12-8-3-1-2-7(4-8)6-19-10(11(13,14)15)9(5-16)17-18-19/h1-4H,6H2. The fourth-order valence-corrected chi connectivity index (χ4v) is 1.80. The van der Waals surface area contributed by atoms with Gasteiger partial charge in [-0.25, -0.2) is 4.68 Å². The summed E-state index contributed by atoms with van der Waals surface area (Å²) in [6.07, 6.45) is -4.69. The van der Waals surface area contributed by atoms with Gasteiger partial charge in [-0.05, 0) is 17.7 Å². The number of hydrogen-bond donors (Lipinski definition) is 0. The molecule has 0 unspecified atom stereocenters. The highest BCUT2D eigenvalue weighted by atomic mass is 35.5. The van der Waals surface area contributed by atoms with Crippen molar-refractivity contribution in [2.75, 3.05) is 0 Å². The van der Waals surface area contributed by atoms with E-state index in [0.717, 1.165) is 0 Å². The van der Waals surface area contributed by atoms with Gasteiger partial charge in [0.15, 0.2) is 11.4 Å². The molecule has 19 heavy (non-hydrogen) atoms. The minimum absolute atomic E-state index is 0.163. The van der Waals surface area contributed by atoms with Crippen LogP contribution >= 0.6 is 11.6 Å². The summed E-state index contributed by atoms with van der Waals surface area (Å²) < 4.78 is 39.1. The quantitative estimate of drug-likeness (QED) is 0.853. The Bertz CT molecular complexity index is 642. The topological polar surface area (TPSA) is 54.5 Å². The van der Waals surface area contributed by atoms with Crippen LogP contribution in [-0.2, 0) is 12.7 Å². The van der Waals surface area contributed by atoms with Crippen LogP contribution in [0.5, 0.6) is 0 Å². The van der Waals surface area contributed by atoms with Gasteiger partial charge in [0.2, 0.25) is 0 Å². The van der Waals surface area contributed by atoms with Crippen molar-refractivity contribution >= 4 is 11.6 Å². The van der Waals surface area contributed by atoms with E-state index < -0.39 is 17.6 Å². The lowest BCUT2D eigenvalue weighted by Gasteiger charge is -2.09. The SMILES string of the molecule is N#Cc1nnn(Cc2cccc(Cl)c2)c1C(F)(F)F. The number of alkyl halides is 3. The molecular formula is C11H6ClF3N4. The third-order valence-corrected chi connectivity index (χ3v) is 2.57. The molecule has 0 spiro atoms. The number of halogens is 4. The minimum atomic E-state index is -4.69. The maximum absolute atomic E-state index is 12.8. The monoisotopic (exact) mass is 286 g/mol. The molecule has 1 aromatic heterocycles. The molecule has 0 saturated heterocycles. The van der Waals surface area contributed by atoms with Crippen molar-refractivity contribution in [3.8, 4) is 6.07 Å². The van der Waals surface area contributed by atoms with Crippen molar-refractivity contribution in [3.63, 3.8) is 0 Å². The number of rotatable bonds is 2. The Morgan fingerprint density at radius 3 is 2.68 bits per heavy atom. The molecule has 1 heterocycles. The summed E-state index contributed by atoms with van der Waals surface area (Å²) in [5.74, 6) is 0. The first-order chi connectivity index (χ1) is 8.91. The molecule has 0 radical (unpaired) electrons. The first-order valence-electron chi connectivity index (χ1n) is 5.07. The molecule has 1 aromatic carbocycles. The predicted octanol–water partition coefficient (Wildman–Crippen LogP) is 2.87. The predicted molar refractivity (Wildman–Crippen MR) is 60.3 cm³/mol. The zero-order valence-electron chi connectivity index (χ0n) is 9.32. The van der Waals surface area contributed by atoms with E-state index >= 15 is 0 Å². The fourth-order valence-electron chi connectivity index (χ4n) is 1.59. The fraction of sp³-hybridized carbons (Fsp3) is 0.182. The van der Waals surface area contributed by atoms with Crippen LogP contribution in [0, 0.1) is 11.3 Å². The van der Waals surface area contributed by atoms with Crippen LogP contribution in [0.1, 0.15) is 17.0 Å². The molecule has 0 aliphatic rings. The highest BCUT2D eigenvalue weighted by molar-refractivity contribution is 6.30. The number of hydrogen-bond acceptors (Lipinski definition) is 3. The average Bonchev–Trinajstić information content (AvgIpc) is 2.71. The summed E-state index contributed by atoms with van der Waals surface area (Å²) in [6, 6.07) is 7.74. The largest absolute Gasteiger partial charge is 0.436 e. The summed E-state index contributed by atoms with van der Waals surface area (Å²) in [7, 11) is 0. The van der Waals surface area contributed by atoms with E-state index in [-0.39, 0.29) is 6.54 Å². The second kappa shape index (κ2) is 4.90. The molecule has 0 fully saturated rings. The number of aromatic nitrogens is 3. The van der Waals surface area contributed by atoms with Crippen molar-refractivity contribution in [3.05, 3.63) is 46.2 Å². The second-order valence-electron chi connectivity index (χ2n) is 3.68. The van der Waals surface area contributed by atoms with Crippen LogP contribution in [0.4, 0.5) is 13.2 Å². The van der Waals surface area contributed by atoms with E-state index in [0.29, 0.717) is 15.3 Å². The Morgan fingerprint density at radius 2 is 2.11 bits per heavy atom. The van der Waals surface area contributed by atoms with Gasteiger partial charge in [-0.3, -0.25) is 0 Å². The molecule has 2 aromatic rings. The summed E-state index contributed by atoms with van der Waals surface area (Å²) >= 11 is 5.75. The smallest absolute Gasteiger partial charge is 0.234 e. The number of nitrogens with zero attached hydrogens (tertiary/aromatic N) is 4. The van der Waals surface area contributed by atoms with Gasteiger partial charge in [0.25, 0.3) is 0 Å². The van der Waals surface area contributed by atoms with Crippen LogP contribution in [0.15, 0.2) is 24.3 Å². The van der Waals surface area contributed by atoms with Crippen molar-refractivity contribution in [2.45, 2.75) is 12.7 Å². The summed E-state index contributed by atoms with van der Waals surface area (Å²) in [5.41, 5.74) is -1.36. The van der Waals surface area contributed by atoms with Crippen molar-refractivity contribution in [1.82, 2.24) is 15.0 Å². The van der Waals surface area contributed by atoms with Gasteiger partial charge in [0, 0.05) is 5.02 Å². The van der Waals surface area contributed by atoms with Crippen LogP contribution in [-0.4, -0.2) is 15.0 Å². The first-order valence-corrected chi connectivity index (χ1v) is 5.45. The zero-order valence-corrected chi connectivity index (χ0v) is 10.1. The summed E-state index contributed by atoms with van der Waals surface area (Å²) in [6.45, 7) is -0.163. The molecule has 4 nitrogen and oxygen atoms in total. The third kappa shape index (κ3) is 2.85. The van der Waals surface area contributed by atoms with E-state index in [1.807, 2.05) is 0 Å². The maximum atomic E-state index is 12.8. The third-order valence-electron chi connectivity index (χ3n) is 2.33. The summed E-state index contributed by atoms with van der Waals surface area (Å²) in [5, 5.41) is 15.6. The highest BCUT2D eigenvalue weighted by Gasteiger charge is 2.39. The van der Waals surface area contributed by atoms with E-state index in [1.54, 1.807) is 18.2 Å². The lowest BCUT2D eigenvalue weighted by molar-refractivity contribution is -0.144. The van der Waals surface area contributed by atoms with Crippen LogP contribution in [0.2, 0.25) is 5.02 Å². The lowest BCUT2D eigenvalue weighted by Crippen LogP contribution is -2.16. The molecule has 0 N–H and O–H groups in total. The van der Waals surface area contributed by atoms with Crippen LogP contribution in [0.3, 0.4) is 0 Å². The van der Waals surface area contributed by atoms with Gasteiger partial charge in [-0.1, -0.05) is 28.9 Å². The minimum Gasteiger partial charge on any atom is -0.234 e. The maximum Gasteiger partial charge on any atom is 0.436 e. The van der Waals surface area contributed by atoms with E-state index in [9.17, 15) is 13.2 Å². The van der Waals surface area contributed by atoms with E-state index in [2.05, 4.69) is 10.3 Å². The number of nitriles is 1. The molecule has 0 bridgehead atoms. The van der Waals surface area contributed by atoms with Gasteiger partial charge in [-0.15, -0.1) is 5.10 Å². The Hall–Kier alpha value is -2.07. The molecule has 0 amide bonds. The molecule has 98 valence electrons. The van der Waals surface area contributed by atoms with Crippen molar-refractivity contribution < 1.29 is 13.2 Å².